The normalized spacial score (nSPS) is 13.4. The maximum absolute atomic E-state index is 9.90. The van der Waals surface area contributed by atoms with Gasteiger partial charge in [0, 0.05) is 34.5 Å². The first-order valence-corrected chi connectivity index (χ1v) is 17.9. The number of pyridine rings is 1. The Bertz CT molecular complexity index is 2850. The van der Waals surface area contributed by atoms with Crippen LogP contribution in [0.1, 0.15) is 27.8 Å². The summed E-state index contributed by atoms with van der Waals surface area (Å²) in [7, 11) is 0. The summed E-state index contributed by atoms with van der Waals surface area (Å²) in [5, 5.41) is 12.2. The van der Waals surface area contributed by atoms with E-state index in [1.165, 1.54) is 33.4 Å². The zero-order valence-corrected chi connectivity index (χ0v) is 28.6. The molecule has 0 saturated carbocycles. The number of fused-ring (bicyclic) bond motifs is 12. The molecule has 9 aromatic rings. The molecule has 0 atom stereocenters. The molecule has 0 fully saturated rings. The molecule has 0 unspecified atom stereocenters. The van der Waals surface area contributed by atoms with Gasteiger partial charge in [0.05, 0.1) is 39.5 Å². The first-order chi connectivity index (χ1) is 26.3. The van der Waals surface area contributed by atoms with Crippen molar-refractivity contribution in [2.75, 3.05) is 4.90 Å². The van der Waals surface area contributed by atoms with Gasteiger partial charge in [-0.3, -0.25) is 4.98 Å². The topological polar surface area (TPSA) is 44.9 Å². The summed E-state index contributed by atoms with van der Waals surface area (Å²) < 4.78 is 2.35. The molecule has 2 aromatic heterocycles. The van der Waals surface area contributed by atoms with Gasteiger partial charge in [0.15, 0.2) is 0 Å². The lowest BCUT2D eigenvalue weighted by Gasteiger charge is -2.45. The summed E-state index contributed by atoms with van der Waals surface area (Å²) in [6, 6.07) is 63.4. The summed E-state index contributed by atoms with van der Waals surface area (Å²) in [6.07, 6.45) is 3.83. The van der Waals surface area contributed by atoms with Crippen LogP contribution in [0.4, 0.5) is 17.1 Å². The van der Waals surface area contributed by atoms with Gasteiger partial charge in [0.25, 0.3) is 0 Å². The number of para-hydroxylation sites is 3. The van der Waals surface area contributed by atoms with E-state index in [2.05, 4.69) is 172 Å². The van der Waals surface area contributed by atoms with E-state index in [-0.39, 0.29) is 0 Å². The van der Waals surface area contributed by atoms with Gasteiger partial charge in [-0.05, 0) is 99.1 Å². The highest BCUT2D eigenvalue weighted by molar-refractivity contribution is 6.09. The van der Waals surface area contributed by atoms with Crippen molar-refractivity contribution in [2.45, 2.75) is 5.41 Å². The Labute approximate surface area is 307 Å². The number of aromatic nitrogens is 2. The van der Waals surface area contributed by atoms with Gasteiger partial charge in [0.2, 0.25) is 0 Å². The van der Waals surface area contributed by atoms with E-state index >= 15 is 0 Å². The predicted molar refractivity (Wildman–Crippen MR) is 214 cm³/mol. The van der Waals surface area contributed by atoms with Crippen molar-refractivity contribution < 1.29 is 0 Å². The van der Waals surface area contributed by atoms with Crippen LogP contribution in [0.15, 0.2) is 182 Å². The number of nitrogens with zero attached hydrogens (tertiary/aromatic N) is 4. The Morgan fingerprint density at radius 1 is 0.491 bits per heavy atom. The standard InChI is InChI=1S/C49H30N4/c50-30-32-12-11-13-33(26-32)34-27-35(52-45-21-8-3-16-39(45)40-31-51-25-24-46(40)52)29-36(28-34)53-47-22-9-6-19-43(47)49(44-20-7-10-23-48(44)53)41-17-4-1-14-37(41)38-15-2-5-18-42(38)49/h1-29,31H. The molecule has 11 rings (SSSR count). The average Bonchev–Trinajstić information content (AvgIpc) is 3.72. The van der Waals surface area contributed by atoms with Crippen molar-refractivity contribution in [1.29, 1.82) is 5.26 Å². The fourth-order valence-electron chi connectivity index (χ4n) is 9.22. The lowest BCUT2D eigenvalue weighted by molar-refractivity contribution is 0.752. The molecule has 0 radical (unpaired) electrons. The van der Waals surface area contributed by atoms with Gasteiger partial charge >= 0.3 is 0 Å². The van der Waals surface area contributed by atoms with E-state index in [1.807, 2.05) is 30.6 Å². The van der Waals surface area contributed by atoms with E-state index in [1.54, 1.807) is 0 Å². The molecule has 1 aliphatic carbocycles. The molecular weight excluding hydrogens is 645 g/mol. The third-order valence-corrected chi connectivity index (χ3v) is 11.3. The smallest absolute Gasteiger partial charge is 0.0991 e. The van der Waals surface area contributed by atoms with Gasteiger partial charge in [-0.2, -0.15) is 5.26 Å². The third kappa shape index (κ3) is 4.02. The van der Waals surface area contributed by atoms with Crippen molar-refractivity contribution in [1.82, 2.24) is 9.55 Å². The molecule has 2 aliphatic rings. The fraction of sp³-hybridized carbons (Fsp3) is 0.0204. The van der Waals surface area contributed by atoms with Crippen LogP contribution in [0, 0.1) is 11.3 Å². The molecule has 1 spiro atoms. The number of hydrogen-bond acceptors (Lipinski definition) is 3. The molecule has 4 heteroatoms. The summed E-state index contributed by atoms with van der Waals surface area (Å²) in [5.41, 5.74) is 16.4. The zero-order valence-electron chi connectivity index (χ0n) is 28.6. The van der Waals surface area contributed by atoms with Gasteiger partial charge < -0.3 is 9.47 Å². The minimum atomic E-state index is -0.488. The fourth-order valence-corrected chi connectivity index (χ4v) is 9.22. The highest BCUT2D eigenvalue weighted by Crippen LogP contribution is 2.63. The molecule has 3 heterocycles. The molecule has 7 aromatic carbocycles. The first kappa shape index (κ1) is 29.5. The maximum Gasteiger partial charge on any atom is 0.0991 e. The van der Waals surface area contributed by atoms with E-state index in [4.69, 9.17) is 0 Å². The highest BCUT2D eigenvalue weighted by Gasteiger charge is 2.51. The summed E-state index contributed by atoms with van der Waals surface area (Å²) >= 11 is 0. The minimum Gasteiger partial charge on any atom is -0.310 e. The average molecular weight is 675 g/mol. The second-order valence-corrected chi connectivity index (χ2v) is 13.9. The molecule has 4 nitrogen and oxygen atoms in total. The number of hydrogen-bond donors (Lipinski definition) is 0. The summed E-state index contributed by atoms with van der Waals surface area (Å²) in [4.78, 5) is 6.95. The van der Waals surface area contributed by atoms with Gasteiger partial charge in [-0.25, -0.2) is 0 Å². The monoisotopic (exact) mass is 674 g/mol. The van der Waals surface area contributed by atoms with Gasteiger partial charge in [0.1, 0.15) is 0 Å². The Morgan fingerprint density at radius 3 is 1.81 bits per heavy atom. The lowest BCUT2D eigenvalue weighted by Crippen LogP contribution is -2.36. The zero-order chi connectivity index (χ0) is 35.1. The third-order valence-electron chi connectivity index (χ3n) is 11.3. The van der Waals surface area contributed by atoms with Gasteiger partial charge in [-0.1, -0.05) is 115 Å². The molecule has 0 saturated heterocycles. The Balaban J connectivity index is 1.24. The van der Waals surface area contributed by atoms with Gasteiger partial charge in [-0.15, -0.1) is 0 Å². The van der Waals surface area contributed by atoms with E-state index in [0.29, 0.717) is 5.56 Å². The Hall–Kier alpha value is -7.22. The van der Waals surface area contributed by atoms with Crippen molar-refractivity contribution in [3.8, 4) is 34.0 Å². The SMILES string of the molecule is N#Cc1cccc(-c2cc(N3c4ccccc4C4(c5ccccc5-c5ccccc54)c4ccccc43)cc(-n3c4ccccc4c4cnccc43)c2)c1. The lowest BCUT2D eigenvalue weighted by atomic mass is 9.64. The minimum absolute atomic E-state index is 0.488. The Kier molecular flexibility index (Phi) is 6.20. The molecule has 0 bridgehead atoms. The van der Waals surface area contributed by atoms with E-state index in [9.17, 15) is 5.26 Å². The Morgan fingerprint density at radius 2 is 1.09 bits per heavy atom. The van der Waals surface area contributed by atoms with Crippen molar-refractivity contribution in [3.63, 3.8) is 0 Å². The summed E-state index contributed by atoms with van der Waals surface area (Å²) in [6.45, 7) is 0. The quantitative estimate of drug-likeness (QED) is 0.187. The van der Waals surface area contributed by atoms with Crippen LogP contribution in [0.2, 0.25) is 0 Å². The van der Waals surface area contributed by atoms with E-state index in [0.717, 1.165) is 55.7 Å². The molecular formula is C49H30N4. The highest BCUT2D eigenvalue weighted by atomic mass is 15.2. The largest absolute Gasteiger partial charge is 0.310 e. The number of nitriles is 1. The number of benzene rings is 7. The number of anilines is 3. The van der Waals surface area contributed by atoms with Crippen LogP contribution in [0.5, 0.6) is 0 Å². The van der Waals surface area contributed by atoms with E-state index < -0.39 is 5.41 Å². The predicted octanol–water partition coefficient (Wildman–Crippen LogP) is 11.9. The van der Waals surface area contributed by atoms with Crippen LogP contribution in [-0.4, -0.2) is 9.55 Å². The van der Waals surface area contributed by atoms with Crippen molar-refractivity contribution >= 4 is 38.9 Å². The molecule has 0 N–H and O–H groups in total. The second kappa shape index (κ2) is 11.1. The van der Waals surface area contributed by atoms with Crippen molar-refractivity contribution in [3.05, 3.63) is 210 Å². The van der Waals surface area contributed by atoms with Crippen molar-refractivity contribution in [2.24, 2.45) is 0 Å². The van der Waals surface area contributed by atoms with Crippen LogP contribution in [-0.2, 0) is 5.41 Å². The maximum atomic E-state index is 9.90. The molecule has 1 aliphatic heterocycles. The molecule has 0 amide bonds. The summed E-state index contributed by atoms with van der Waals surface area (Å²) in [5.74, 6) is 0. The second-order valence-electron chi connectivity index (χ2n) is 13.9. The first-order valence-electron chi connectivity index (χ1n) is 17.9. The number of rotatable bonds is 3. The van der Waals surface area contributed by atoms with Crippen LogP contribution in [0.25, 0.3) is 49.7 Å². The molecule has 53 heavy (non-hydrogen) atoms. The van der Waals surface area contributed by atoms with Crippen LogP contribution < -0.4 is 4.90 Å². The molecule has 246 valence electrons. The van der Waals surface area contributed by atoms with Crippen LogP contribution in [0.3, 0.4) is 0 Å². The van der Waals surface area contributed by atoms with Crippen LogP contribution >= 0.6 is 0 Å².